The number of Topliss-reactive ketones (excluding diaryl/α,β-unsaturated/α-hetero) is 1. The van der Waals surface area contributed by atoms with Gasteiger partial charge in [-0.1, -0.05) is 13.8 Å². The fraction of sp³-hybridized carbons (Fsp3) is 0.760. The summed E-state index contributed by atoms with van der Waals surface area (Å²) in [7, 11) is 0. The van der Waals surface area contributed by atoms with Crippen molar-refractivity contribution in [2.45, 2.75) is 97.8 Å². The van der Waals surface area contributed by atoms with Crippen molar-refractivity contribution in [1.29, 1.82) is 5.41 Å². The summed E-state index contributed by atoms with van der Waals surface area (Å²) in [5, 5.41) is 15.1. The van der Waals surface area contributed by atoms with Gasteiger partial charge in [0.15, 0.2) is 5.78 Å². The standard InChI is InChI=1S/C25H44N4O6S/c1-17(2)16-36-14-12-22(32)27-13-8-7-9-20(28-18(3)30)23(33)29-21(11-10-19(31)15-26)24(34)35-25(4,5)6/h15,17,20-21,26H,7-14,16H2,1-6H3,(H,27,32)(H,28,30)(H,29,33)/t20?,21-/m0/s1. The number of carbonyl (C=O) groups excluding carboxylic acids is 5. The maximum absolute atomic E-state index is 12.9. The number of nitrogens with one attached hydrogen (secondary N) is 4. The van der Waals surface area contributed by atoms with Gasteiger partial charge in [-0.3, -0.25) is 19.2 Å². The van der Waals surface area contributed by atoms with Crippen LogP contribution in [0.5, 0.6) is 0 Å². The van der Waals surface area contributed by atoms with Crippen LogP contribution in [0.25, 0.3) is 0 Å². The van der Waals surface area contributed by atoms with Crippen LogP contribution < -0.4 is 16.0 Å². The van der Waals surface area contributed by atoms with Gasteiger partial charge in [0.05, 0.1) is 6.21 Å². The van der Waals surface area contributed by atoms with E-state index in [2.05, 4.69) is 29.8 Å². The number of rotatable bonds is 18. The van der Waals surface area contributed by atoms with Crippen LogP contribution in [0.2, 0.25) is 0 Å². The van der Waals surface area contributed by atoms with Crippen molar-refractivity contribution in [1.82, 2.24) is 16.0 Å². The van der Waals surface area contributed by atoms with Crippen LogP contribution in [-0.4, -0.2) is 71.4 Å². The third kappa shape index (κ3) is 17.9. The summed E-state index contributed by atoms with van der Waals surface area (Å²) in [6.07, 6.45) is 2.49. The molecule has 0 aliphatic heterocycles. The number of unbranched alkanes of at least 4 members (excludes halogenated alkanes) is 1. The summed E-state index contributed by atoms with van der Waals surface area (Å²) in [4.78, 5) is 60.6. The first kappa shape index (κ1) is 33.6. The number of ketones is 1. The van der Waals surface area contributed by atoms with E-state index < -0.39 is 41.3 Å². The van der Waals surface area contributed by atoms with E-state index in [0.29, 0.717) is 44.4 Å². The molecule has 0 aliphatic carbocycles. The first-order valence-electron chi connectivity index (χ1n) is 12.4. The zero-order valence-corrected chi connectivity index (χ0v) is 23.3. The highest BCUT2D eigenvalue weighted by Gasteiger charge is 2.29. The van der Waals surface area contributed by atoms with Crippen LogP contribution in [0.3, 0.4) is 0 Å². The Hall–Kier alpha value is -2.43. The predicted octanol–water partition coefficient (Wildman–Crippen LogP) is 2.38. The maximum atomic E-state index is 12.9. The van der Waals surface area contributed by atoms with Gasteiger partial charge in [0.1, 0.15) is 17.7 Å². The largest absolute Gasteiger partial charge is 0.458 e. The summed E-state index contributed by atoms with van der Waals surface area (Å²) in [5.74, 6) is 0.260. The molecule has 10 nitrogen and oxygen atoms in total. The lowest BCUT2D eigenvalue weighted by molar-refractivity contribution is -0.159. The van der Waals surface area contributed by atoms with Crippen LogP contribution in [0.15, 0.2) is 0 Å². The summed E-state index contributed by atoms with van der Waals surface area (Å²) in [6.45, 7) is 11.1. The topological polar surface area (TPSA) is 155 Å². The van der Waals surface area contributed by atoms with Gasteiger partial charge in [-0.15, -0.1) is 0 Å². The smallest absolute Gasteiger partial charge is 0.329 e. The van der Waals surface area contributed by atoms with Crippen molar-refractivity contribution in [2.75, 3.05) is 18.1 Å². The average Bonchev–Trinajstić information content (AvgIpc) is 2.76. The van der Waals surface area contributed by atoms with Crippen LogP contribution >= 0.6 is 11.8 Å². The fourth-order valence-electron chi connectivity index (χ4n) is 3.04. The molecule has 0 heterocycles. The molecule has 0 radical (unpaired) electrons. The molecule has 0 rings (SSSR count). The molecular formula is C25H44N4O6S. The molecule has 0 aromatic rings. The Labute approximate surface area is 219 Å². The summed E-state index contributed by atoms with van der Waals surface area (Å²) in [6, 6.07) is -1.97. The number of hydrogen-bond donors (Lipinski definition) is 4. The summed E-state index contributed by atoms with van der Waals surface area (Å²) in [5.41, 5.74) is -0.791. The molecule has 0 saturated carbocycles. The van der Waals surface area contributed by atoms with Crippen molar-refractivity contribution in [3.63, 3.8) is 0 Å². The van der Waals surface area contributed by atoms with E-state index in [-0.39, 0.29) is 18.7 Å². The van der Waals surface area contributed by atoms with Crippen molar-refractivity contribution in [2.24, 2.45) is 5.92 Å². The number of thioether (sulfide) groups is 1. The third-order valence-electron chi connectivity index (χ3n) is 4.71. The molecule has 0 fully saturated rings. The number of hydrogen-bond acceptors (Lipinski definition) is 8. The highest BCUT2D eigenvalue weighted by molar-refractivity contribution is 7.99. The highest BCUT2D eigenvalue weighted by atomic mass is 32.2. The molecule has 4 N–H and O–H groups in total. The van der Waals surface area contributed by atoms with E-state index in [4.69, 9.17) is 10.1 Å². The van der Waals surface area contributed by atoms with Gasteiger partial charge in [0.25, 0.3) is 0 Å². The van der Waals surface area contributed by atoms with Gasteiger partial charge in [-0.2, -0.15) is 11.8 Å². The number of carbonyl (C=O) groups is 5. The molecular weight excluding hydrogens is 484 g/mol. The lowest BCUT2D eigenvalue weighted by atomic mass is 10.1. The first-order chi connectivity index (χ1) is 16.7. The monoisotopic (exact) mass is 528 g/mol. The minimum atomic E-state index is -1.09. The Morgan fingerprint density at radius 1 is 0.972 bits per heavy atom. The van der Waals surface area contributed by atoms with E-state index in [0.717, 1.165) is 11.5 Å². The van der Waals surface area contributed by atoms with Crippen LogP contribution in [0.4, 0.5) is 0 Å². The van der Waals surface area contributed by atoms with Gasteiger partial charge in [0, 0.05) is 32.1 Å². The molecule has 0 saturated heterocycles. The molecule has 0 bridgehead atoms. The van der Waals surface area contributed by atoms with E-state index in [9.17, 15) is 24.0 Å². The van der Waals surface area contributed by atoms with Crippen LogP contribution in [0, 0.1) is 11.3 Å². The molecule has 11 heteroatoms. The van der Waals surface area contributed by atoms with Gasteiger partial charge in [0.2, 0.25) is 17.7 Å². The molecule has 0 spiro atoms. The Morgan fingerprint density at radius 2 is 1.64 bits per heavy atom. The molecule has 206 valence electrons. The van der Waals surface area contributed by atoms with Crippen molar-refractivity contribution >= 4 is 47.5 Å². The molecule has 0 aromatic heterocycles. The second-order valence-corrected chi connectivity index (χ2v) is 11.2. The van der Waals surface area contributed by atoms with E-state index in [1.165, 1.54) is 6.92 Å². The molecule has 36 heavy (non-hydrogen) atoms. The highest BCUT2D eigenvalue weighted by Crippen LogP contribution is 2.12. The zero-order valence-electron chi connectivity index (χ0n) is 22.5. The maximum Gasteiger partial charge on any atom is 0.329 e. The number of esters is 1. The molecule has 3 amide bonds. The molecule has 2 atom stereocenters. The van der Waals surface area contributed by atoms with Crippen molar-refractivity contribution in [3.8, 4) is 0 Å². The van der Waals surface area contributed by atoms with Gasteiger partial charge < -0.3 is 26.1 Å². The molecule has 0 aliphatic rings. The third-order valence-corrected chi connectivity index (χ3v) is 6.10. The zero-order chi connectivity index (χ0) is 27.7. The lowest BCUT2D eigenvalue weighted by Gasteiger charge is -2.26. The van der Waals surface area contributed by atoms with Gasteiger partial charge in [-0.05, 0) is 58.1 Å². The second-order valence-electron chi connectivity index (χ2n) is 10.1. The normalized spacial score (nSPS) is 12.9. The molecule has 1 unspecified atom stereocenters. The Bertz CT molecular complexity index is 751. The van der Waals surface area contributed by atoms with Crippen LogP contribution in [-0.2, 0) is 28.7 Å². The Morgan fingerprint density at radius 3 is 2.19 bits per heavy atom. The lowest BCUT2D eigenvalue weighted by Crippen LogP contribution is -2.52. The minimum Gasteiger partial charge on any atom is -0.458 e. The van der Waals surface area contributed by atoms with Gasteiger partial charge >= 0.3 is 5.97 Å². The van der Waals surface area contributed by atoms with Crippen molar-refractivity contribution in [3.05, 3.63) is 0 Å². The fourth-order valence-corrected chi connectivity index (χ4v) is 4.01. The Balaban J connectivity index is 4.82. The van der Waals surface area contributed by atoms with Gasteiger partial charge in [-0.25, -0.2) is 4.79 Å². The SMILES string of the molecule is CC(=O)NC(CCCCNC(=O)CCSCC(C)C)C(=O)N[C@@H](CCC(=O)C=N)C(=O)OC(C)(C)C. The molecule has 0 aromatic carbocycles. The van der Waals surface area contributed by atoms with Crippen LogP contribution in [0.1, 0.15) is 80.1 Å². The predicted molar refractivity (Wildman–Crippen MR) is 142 cm³/mol. The quantitative estimate of drug-likeness (QED) is 0.121. The van der Waals surface area contributed by atoms with Crippen molar-refractivity contribution < 1.29 is 28.7 Å². The second kappa shape index (κ2) is 17.9. The average molecular weight is 529 g/mol. The number of ether oxygens (including phenoxy) is 1. The summed E-state index contributed by atoms with van der Waals surface area (Å²) >= 11 is 1.75. The summed E-state index contributed by atoms with van der Waals surface area (Å²) < 4.78 is 5.36. The number of amides is 3. The Kier molecular flexibility index (Phi) is 16.7. The van der Waals surface area contributed by atoms with E-state index >= 15 is 0 Å². The van der Waals surface area contributed by atoms with E-state index in [1.807, 2.05) is 0 Å². The first-order valence-corrected chi connectivity index (χ1v) is 13.6. The minimum absolute atomic E-state index is 0.0120. The van der Waals surface area contributed by atoms with E-state index in [1.54, 1.807) is 32.5 Å².